The van der Waals surface area contributed by atoms with Crippen LogP contribution in [0, 0.1) is 16.7 Å². The Labute approximate surface area is 124 Å². The lowest BCUT2D eigenvalue weighted by Gasteiger charge is -2.39. The molecule has 2 aliphatic rings. The van der Waals surface area contributed by atoms with Crippen molar-refractivity contribution in [3.8, 4) is 0 Å². The van der Waals surface area contributed by atoms with E-state index < -0.39 is 0 Å². The van der Waals surface area contributed by atoms with Gasteiger partial charge < -0.3 is 15.2 Å². The van der Waals surface area contributed by atoms with E-state index in [-0.39, 0.29) is 6.10 Å². The minimum atomic E-state index is -0.295. The highest BCUT2D eigenvalue weighted by molar-refractivity contribution is 5.11. The minimum absolute atomic E-state index is 0.295. The van der Waals surface area contributed by atoms with E-state index in [1.807, 2.05) is 0 Å². The standard InChI is InChI=1S/C17H33NO2/c1-12(2)18-11-14(19)7-9-20-15-10-13-6-8-17(15,5)16(13,3)4/h12-15,18-19H,6-11H2,1-5H3/t13-,14+,15+,17-/m1/s1. The van der Waals surface area contributed by atoms with Gasteiger partial charge in [-0.3, -0.25) is 0 Å². The maximum atomic E-state index is 9.93. The molecule has 2 N–H and O–H groups in total. The molecule has 0 aromatic heterocycles. The van der Waals surface area contributed by atoms with E-state index in [4.69, 9.17) is 4.74 Å². The van der Waals surface area contributed by atoms with Crippen molar-refractivity contribution in [2.24, 2.45) is 16.7 Å². The second kappa shape index (κ2) is 5.94. The van der Waals surface area contributed by atoms with Crippen LogP contribution in [0.4, 0.5) is 0 Å². The van der Waals surface area contributed by atoms with Crippen molar-refractivity contribution >= 4 is 0 Å². The lowest BCUT2D eigenvalue weighted by atomic mass is 9.70. The normalized spacial score (nSPS) is 36.8. The first-order valence-electron chi connectivity index (χ1n) is 8.30. The third-order valence-electron chi connectivity index (χ3n) is 6.25. The molecule has 0 aliphatic heterocycles. The number of ether oxygens (including phenoxy) is 1. The zero-order valence-corrected chi connectivity index (χ0v) is 13.9. The second-order valence-electron chi connectivity index (χ2n) is 7.98. The molecule has 0 spiro atoms. The quantitative estimate of drug-likeness (QED) is 0.755. The molecule has 2 fully saturated rings. The van der Waals surface area contributed by atoms with Crippen molar-refractivity contribution < 1.29 is 9.84 Å². The summed E-state index contributed by atoms with van der Waals surface area (Å²) in [6.45, 7) is 12.8. The molecule has 0 saturated heterocycles. The first kappa shape index (κ1) is 16.3. The number of hydrogen-bond donors (Lipinski definition) is 2. The number of nitrogens with one attached hydrogen (secondary N) is 1. The van der Waals surface area contributed by atoms with E-state index in [1.165, 1.54) is 19.3 Å². The van der Waals surface area contributed by atoms with Crippen LogP contribution in [0.1, 0.15) is 60.3 Å². The molecule has 2 saturated carbocycles. The summed E-state index contributed by atoms with van der Waals surface area (Å²) in [5.41, 5.74) is 0.744. The van der Waals surface area contributed by atoms with Crippen LogP contribution in [-0.4, -0.2) is 36.5 Å². The number of aliphatic hydroxyl groups excluding tert-OH is 1. The summed E-state index contributed by atoms with van der Waals surface area (Å²) in [5, 5.41) is 13.2. The van der Waals surface area contributed by atoms with Gasteiger partial charge in [0.15, 0.2) is 0 Å². The fourth-order valence-electron chi connectivity index (χ4n) is 4.20. The molecular formula is C17H33NO2. The minimum Gasteiger partial charge on any atom is -0.392 e. The van der Waals surface area contributed by atoms with Gasteiger partial charge in [0, 0.05) is 19.2 Å². The molecule has 0 aromatic carbocycles. The Morgan fingerprint density at radius 2 is 2.00 bits per heavy atom. The summed E-state index contributed by atoms with van der Waals surface area (Å²) in [6.07, 6.45) is 4.71. The van der Waals surface area contributed by atoms with Crippen LogP contribution < -0.4 is 5.32 Å². The van der Waals surface area contributed by atoms with E-state index in [0.717, 1.165) is 12.3 Å². The molecule has 0 heterocycles. The Balaban J connectivity index is 1.73. The summed E-state index contributed by atoms with van der Waals surface area (Å²) in [6, 6.07) is 0.427. The summed E-state index contributed by atoms with van der Waals surface area (Å²) in [7, 11) is 0. The van der Waals surface area contributed by atoms with Crippen molar-refractivity contribution in [2.75, 3.05) is 13.2 Å². The van der Waals surface area contributed by atoms with Gasteiger partial charge in [0.25, 0.3) is 0 Å². The predicted octanol–water partition coefficient (Wildman–Crippen LogP) is 2.97. The molecule has 3 nitrogen and oxygen atoms in total. The van der Waals surface area contributed by atoms with Crippen molar-refractivity contribution in [1.82, 2.24) is 5.32 Å². The molecule has 4 atom stereocenters. The van der Waals surface area contributed by atoms with E-state index in [1.54, 1.807) is 0 Å². The smallest absolute Gasteiger partial charge is 0.0686 e. The predicted molar refractivity (Wildman–Crippen MR) is 82.7 cm³/mol. The molecule has 0 radical (unpaired) electrons. The van der Waals surface area contributed by atoms with Gasteiger partial charge in [-0.15, -0.1) is 0 Å². The lowest BCUT2D eigenvalue weighted by Crippen LogP contribution is -2.38. The van der Waals surface area contributed by atoms with Crippen molar-refractivity contribution in [3.63, 3.8) is 0 Å². The van der Waals surface area contributed by atoms with Crippen LogP contribution in [0.5, 0.6) is 0 Å². The number of rotatable bonds is 7. The Bertz CT molecular complexity index is 329. The number of aliphatic hydroxyl groups is 1. The van der Waals surface area contributed by atoms with Gasteiger partial charge in [-0.1, -0.05) is 34.6 Å². The first-order chi connectivity index (χ1) is 9.27. The molecule has 2 aliphatic carbocycles. The van der Waals surface area contributed by atoms with E-state index in [0.29, 0.717) is 36.1 Å². The van der Waals surface area contributed by atoms with Gasteiger partial charge in [0.05, 0.1) is 12.2 Å². The van der Waals surface area contributed by atoms with Gasteiger partial charge in [0.1, 0.15) is 0 Å². The third kappa shape index (κ3) is 2.90. The first-order valence-corrected chi connectivity index (χ1v) is 8.30. The average molecular weight is 283 g/mol. The largest absolute Gasteiger partial charge is 0.392 e. The average Bonchev–Trinajstić information content (AvgIpc) is 2.69. The topological polar surface area (TPSA) is 41.5 Å². The summed E-state index contributed by atoms with van der Waals surface area (Å²) in [4.78, 5) is 0. The molecule has 2 rings (SSSR count). The molecule has 0 unspecified atom stereocenters. The van der Waals surface area contributed by atoms with Gasteiger partial charge in [-0.25, -0.2) is 0 Å². The van der Waals surface area contributed by atoms with E-state index >= 15 is 0 Å². The lowest BCUT2D eigenvalue weighted by molar-refractivity contribution is -0.0546. The SMILES string of the molecule is CC(C)NC[C@@H](O)CCO[C@H]1C[C@H]2CC[C@@]1(C)C2(C)C. The molecule has 3 heteroatoms. The van der Waals surface area contributed by atoms with E-state index in [9.17, 15) is 5.11 Å². The summed E-state index contributed by atoms with van der Waals surface area (Å²) >= 11 is 0. The fourth-order valence-corrected chi connectivity index (χ4v) is 4.20. The van der Waals surface area contributed by atoms with Gasteiger partial charge in [-0.05, 0) is 42.4 Å². The summed E-state index contributed by atoms with van der Waals surface area (Å²) in [5.74, 6) is 0.824. The van der Waals surface area contributed by atoms with Gasteiger partial charge in [-0.2, -0.15) is 0 Å². The van der Waals surface area contributed by atoms with Crippen molar-refractivity contribution in [1.29, 1.82) is 0 Å². The monoisotopic (exact) mass is 283 g/mol. The van der Waals surface area contributed by atoms with Crippen LogP contribution in [0.25, 0.3) is 0 Å². The zero-order chi connectivity index (χ0) is 15.0. The van der Waals surface area contributed by atoms with Crippen LogP contribution in [-0.2, 0) is 4.74 Å². The van der Waals surface area contributed by atoms with Crippen LogP contribution in [0.2, 0.25) is 0 Å². The summed E-state index contributed by atoms with van der Waals surface area (Å²) < 4.78 is 6.17. The third-order valence-corrected chi connectivity index (χ3v) is 6.25. The van der Waals surface area contributed by atoms with Gasteiger partial charge in [0.2, 0.25) is 0 Å². The molecule has 0 aromatic rings. The maximum absolute atomic E-state index is 9.93. The molecule has 118 valence electrons. The van der Waals surface area contributed by atoms with Crippen molar-refractivity contribution in [3.05, 3.63) is 0 Å². The van der Waals surface area contributed by atoms with E-state index in [2.05, 4.69) is 39.9 Å². The molecular weight excluding hydrogens is 250 g/mol. The Hall–Kier alpha value is -0.120. The number of fused-ring (bicyclic) bond motifs is 2. The molecule has 2 bridgehead atoms. The highest BCUT2D eigenvalue weighted by atomic mass is 16.5. The molecule has 0 amide bonds. The van der Waals surface area contributed by atoms with Gasteiger partial charge >= 0.3 is 0 Å². The fraction of sp³-hybridized carbons (Fsp3) is 1.00. The van der Waals surface area contributed by atoms with Crippen LogP contribution >= 0.6 is 0 Å². The Morgan fingerprint density at radius 3 is 2.50 bits per heavy atom. The Kier molecular flexibility index (Phi) is 4.83. The number of hydrogen-bond acceptors (Lipinski definition) is 3. The van der Waals surface area contributed by atoms with Crippen molar-refractivity contribution in [2.45, 2.75) is 78.6 Å². The molecule has 20 heavy (non-hydrogen) atoms. The highest BCUT2D eigenvalue weighted by Crippen LogP contribution is 2.66. The second-order valence-corrected chi connectivity index (χ2v) is 7.98. The van der Waals surface area contributed by atoms with Crippen LogP contribution in [0.15, 0.2) is 0 Å². The van der Waals surface area contributed by atoms with Crippen LogP contribution in [0.3, 0.4) is 0 Å². The maximum Gasteiger partial charge on any atom is 0.0686 e. The highest BCUT2D eigenvalue weighted by Gasteiger charge is 2.61. The Morgan fingerprint density at radius 1 is 1.30 bits per heavy atom. The zero-order valence-electron chi connectivity index (χ0n) is 13.9.